The van der Waals surface area contributed by atoms with Crippen LogP contribution in [0.25, 0.3) is 0 Å². The fourth-order valence-corrected chi connectivity index (χ4v) is 4.63. The Bertz CT molecular complexity index is 623. The first-order chi connectivity index (χ1) is 9.96. The molecule has 2 aliphatic rings. The Morgan fingerprint density at radius 3 is 2.43 bits per heavy atom. The third kappa shape index (κ3) is 3.34. The summed E-state index contributed by atoms with van der Waals surface area (Å²) in [6, 6.07) is 4.55. The molecule has 1 aromatic carbocycles. The quantitative estimate of drug-likeness (QED) is 0.853. The van der Waals surface area contributed by atoms with Crippen LogP contribution < -0.4 is 5.73 Å². The van der Waals surface area contributed by atoms with E-state index in [4.69, 9.17) is 17.3 Å². The highest BCUT2D eigenvalue weighted by atomic mass is 35.5. The Kier molecular flexibility index (Phi) is 4.14. The van der Waals surface area contributed by atoms with Gasteiger partial charge in [0.05, 0.1) is 5.02 Å². The van der Waals surface area contributed by atoms with Gasteiger partial charge in [0, 0.05) is 38.4 Å². The van der Waals surface area contributed by atoms with Gasteiger partial charge >= 0.3 is 0 Å². The molecule has 3 rings (SSSR count). The fourth-order valence-electron chi connectivity index (χ4n) is 2.68. The predicted octanol–water partition coefficient (Wildman–Crippen LogP) is 1.64. The minimum Gasteiger partial charge on any atom is -0.399 e. The smallest absolute Gasteiger partial charge is 0.244 e. The number of piperazine rings is 1. The highest BCUT2D eigenvalue weighted by Gasteiger charge is 2.32. The molecule has 1 aromatic rings. The van der Waals surface area contributed by atoms with Crippen molar-refractivity contribution in [1.82, 2.24) is 9.21 Å². The van der Waals surface area contributed by atoms with Crippen LogP contribution in [0.2, 0.25) is 5.02 Å². The van der Waals surface area contributed by atoms with Gasteiger partial charge in [-0.3, -0.25) is 0 Å². The number of anilines is 1. The van der Waals surface area contributed by atoms with Crippen LogP contribution >= 0.6 is 11.6 Å². The SMILES string of the molecule is Nc1ccc(S(=O)(=O)N2CCN(CC3CC3)CC2)c(Cl)c1. The lowest BCUT2D eigenvalue weighted by Crippen LogP contribution is -2.49. The molecule has 0 unspecified atom stereocenters. The Labute approximate surface area is 130 Å². The van der Waals surface area contributed by atoms with E-state index in [1.54, 1.807) is 6.07 Å². The molecule has 0 aromatic heterocycles. The van der Waals surface area contributed by atoms with E-state index < -0.39 is 10.0 Å². The second-order valence-electron chi connectivity index (χ2n) is 5.84. The number of hydrogen-bond donors (Lipinski definition) is 1. The molecule has 1 saturated carbocycles. The van der Waals surface area contributed by atoms with Crippen molar-refractivity contribution in [3.8, 4) is 0 Å². The molecule has 1 heterocycles. The van der Waals surface area contributed by atoms with Crippen molar-refractivity contribution in [1.29, 1.82) is 0 Å². The van der Waals surface area contributed by atoms with Crippen molar-refractivity contribution in [2.24, 2.45) is 5.92 Å². The van der Waals surface area contributed by atoms with Gasteiger partial charge in [-0.2, -0.15) is 4.31 Å². The molecular formula is C14H20ClN3O2S. The number of sulfonamides is 1. The predicted molar refractivity (Wildman–Crippen MR) is 83.8 cm³/mol. The molecule has 1 saturated heterocycles. The lowest BCUT2D eigenvalue weighted by Gasteiger charge is -2.34. The Balaban J connectivity index is 1.70. The van der Waals surface area contributed by atoms with Gasteiger partial charge in [0.1, 0.15) is 4.90 Å². The van der Waals surface area contributed by atoms with Crippen LogP contribution in [0, 0.1) is 5.92 Å². The van der Waals surface area contributed by atoms with Crippen LogP contribution in [0.5, 0.6) is 0 Å². The fraction of sp³-hybridized carbons (Fsp3) is 0.571. The molecule has 116 valence electrons. The van der Waals surface area contributed by atoms with Gasteiger partial charge in [0.15, 0.2) is 0 Å². The normalized spacial score (nSPS) is 21.6. The molecule has 1 aliphatic carbocycles. The summed E-state index contributed by atoms with van der Waals surface area (Å²) in [5, 5.41) is 0.190. The van der Waals surface area contributed by atoms with Gasteiger partial charge in [-0.05, 0) is 37.0 Å². The summed E-state index contributed by atoms with van der Waals surface area (Å²) in [6.07, 6.45) is 2.64. The molecule has 5 nitrogen and oxygen atoms in total. The number of nitrogens with two attached hydrogens (primary N) is 1. The summed E-state index contributed by atoms with van der Waals surface area (Å²) in [7, 11) is -3.53. The molecule has 21 heavy (non-hydrogen) atoms. The lowest BCUT2D eigenvalue weighted by atomic mass is 10.3. The van der Waals surface area contributed by atoms with E-state index in [-0.39, 0.29) is 9.92 Å². The van der Waals surface area contributed by atoms with Crippen molar-refractivity contribution in [3.63, 3.8) is 0 Å². The van der Waals surface area contributed by atoms with Crippen LogP contribution in [0.15, 0.2) is 23.1 Å². The van der Waals surface area contributed by atoms with E-state index >= 15 is 0 Å². The van der Waals surface area contributed by atoms with Gasteiger partial charge in [-0.25, -0.2) is 8.42 Å². The first kappa shape index (κ1) is 15.1. The third-order valence-corrected chi connectivity index (χ3v) is 6.50. The van der Waals surface area contributed by atoms with Crippen molar-refractivity contribution >= 4 is 27.3 Å². The van der Waals surface area contributed by atoms with Gasteiger partial charge < -0.3 is 10.6 Å². The summed E-state index contributed by atoms with van der Waals surface area (Å²) in [5.74, 6) is 0.833. The average molecular weight is 330 g/mol. The molecule has 0 amide bonds. The molecule has 7 heteroatoms. The molecule has 0 spiro atoms. The topological polar surface area (TPSA) is 66.6 Å². The number of benzene rings is 1. The van der Waals surface area contributed by atoms with Gasteiger partial charge in [0.2, 0.25) is 10.0 Å². The monoisotopic (exact) mass is 329 g/mol. The third-order valence-electron chi connectivity index (χ3n) is 4.12. The summed E-state index contributed by atoms with van der Waals surface area (Å²) in [5.41, 5.74) is 6.09. The number of nitrogens with zero attached hydrogens (tertiary/aromatic N) is 2. The molecule has 2 N–H and O–H groups in total. The van der Waals surface area contributed by atoms with Crippen LogP contribution in [0.3, 0.4) is 0 Å². The first-order valence-electron chi connectivity index (χ1n) is 7.24. The van der Waals surface area contributed by atoms with Crippen molar-refractivity contribution in [2.75, 3.05) is 38.5 Å². The first-order valence-corrected chi connectivity index (χ1v) is 9.06. The average Bonchev–Trinajstić information content (AvgIpc) is 3.23. The maximum Gasteiger partial charge on any atom is 0.244 e. The number of nitrogen functional groups attached to an aromatic ring is 1. The number of rotatable bonds is 4. The van der Waals surface area contributed by atoms with Crippen LogP contribution in [-0.2, 0) is 10.0 Å². The zero-order valence-corrected chi connectivity index (χ0v) is 13.4. The van der Waals surface area contributed by atoms with Crippen molar-refractivity contribution in [3.05, 3.63) is 23.2 Å². The molecule has 1 aliphatic heterocycles. The molecule has 0 bridgehead atoms. The van der Waals surface area contributed by atoms with Crippen LogP contribution in [0.4, 0.5) is 5.69 Å². The van der Waals surface area contributed by atoms with E-state index in [1.165, 1.54) is 29.3 Å². The number of halogens is 1. The minimum atomic E-state index is -3.53. The van der Waals surface area contributed by atoms with E-state index in [1.807, 2.05) is 0 Å². The summed E-state index contributed by atoms with van der Waals surface area (Å²) in [4.78, 5) is 2.50. The summed E-state index contributed by atoms with van der Waals surface area (Å²) < 4.78 is 26.8. The maximum absolute atomic E-state index is 12.6. The zero-order valence-electron chi connectivity index (χ0n) is 11.8. The largest absolute Gasteiger partial charge is 0.399 e. The number of hydrogen-bond acceptors (Lipinski definition) is 4. The second-order valence-corrected chi connectivity index (χ2v) is 8.15. The Morgan fingerprint density at radius 1 is 1.19 bits per heavy atom. The Morgan fingerprint density at radius 2 is 1.86 bits per heavy atom. The van der Waals surface area contributed by atoms with Crippen molar-refractivity contribution < 1.29 is 8.42 Å². The second kappa shape index (κ2) is 5.76. The molecular weight excluding hydrogens is 310 g/mol. The zero-order chi connectivity index (χ0) is 15.0. The highest BCUT2D eigenvalue weighted by Crippen LogP contribution is 2.31. The molecule has 0 atom stereocenters. The standard InChI is InChI=1S/C14H20ClN3O2S/c15-13-9-12(16)3-4-14(13)21(19,20)18-7-5-17(6-8-18)10-11-1-2-11/h3-4,9,11H,1-2,5-8,10,16H2. The molecule has 2 fully saturated rings. The van der Waals surface area contributed by atoms with Gasteiger partial charge in [-0.1, -0.05) is 11.6 Å². The highest BCUT2D eigenvalue weighted by molar-refractivity contribution is 7.89. The molecule has 0 radical (unpaired) electrons. The Hall–Kier alpha value is -0.820. The van der Waals surface area contributed by atoms with E-state index in [0.29, 0.717) is 18.8 Å². The van der Waals surface area contributed by atoms with Gasteiger partial charge in [-0.15, -0.1) is 0 Å². The van der Waals surface area contributed by atoms with E-state index in [0.717, 1.165) is 25.6 Å². The van der Waals surface area contributed by atoms with Gasteiger partial charge in [0.25, 0.3) is 0 Å². The summed E-state index contributed by atoms with van der Waals surface area (Å²) in [6.45, 7) is 3.74. The van der Waals surface area contributed by atoms with E-state index in [2.05, 4.69) is 4.90 Å². The maximum atomic E-state index is 12.6. The minimum absolute atomic E-state index is 0.147. The van der Waals surface area contributed by atoms with E-state index in [9.17, 15) is 8.42 Å². The van der Waals surface area contributed by atoms with Crippen molar-refractivity contribution in [2.45, 2.75) is 17.7 Å². The summed E-state index contributed by atoms with van der Waals surface area (Å²) >= 11 is 6.04. The van der Waals surface area contributed by atoms with Crippen LogP contribution in [-0.4, -0.2) is 50.3 Å². The van der Waals surface area contributed by atoms with Crippen LogP contribution in [0.1, 0.15) is 12.8 Å². The lowest BCUT2D eigenvalue weighted by molar-refractivity contribution is 0.182.